The minimum Gasteiger partial charge on any atom is -0.315 e. The fourth-order valence-corrected chi connectivity index (χ4v) is 1.74. The van der Waals surface area contributed by atoms with E-state index in [1.54, 1.807) is 25.4 Å². The molecular formula is C17H15FN2O. The maximum Gasteiger partial charge on any atom is 0.227 e. The third-order valence-electron chi connectivity index (χ3n) is 2.93. The van der Waals surface area contributed by atoms with E-state index < -0.39 is 0 Å². The Morgan fingerprint density at radius 2 is 2.00 bits per heavy atom. The quantitative estimate of drug-likeness (QED) is 0.811. The highest BCUT2D eigenvalue weighted by Gasteiger charge is 2.09. The fraction of sp³-hybridized carbons (Fsp3) is 0.176. The molecule has 21 heavy (non-hydrogen) atoms. The number of pyridine rings is 1. The molecule has 0 aliphatic rings. The van der Waals surface area contributed by atoms with Crippen LogP contribution in [-0.2, 0) is 4.79 Å². The number of hydrogen-bond donors (Lipinski definition) is 0. The molecule has 1 aromatic heterocycles. The number of nitrogens with zero attached hydrogens (tertiary/aromatic N) is 2. The summed E-state index contributed by atoms with van der Waals surface area (Å²) in [5.41, 5.74) is 1.36. The number of halogens is 1. The monoisotopic (exact) mass is 282 g/mol. The van der Waals surface area contributed by atoms with Gasteiger partial charge in [-0.25, -0.2) is 9.37 Å². The molecule has 0 fully saturated rings. The van der Waals surface area contributed by atoms with Gasteiger partial charge in [-0.1, -0.05) is 12.0 Å². The van der Waals surface area contributed by atoms with Gasteiger partial charge in [0, 0.05) is 31.8 Å². The summed E-state index contributed by atoms with van der Waals surface area (Å²) in [5, 5.41) is 0. The van der Waals surface area contributed by atoms with Crippen LogP contribution in [0.1, 0.15) is 18.5 Å². The fourth-order valence-electron chi connectivity index (χ4n) is 1.74. The molecular weight excluding hydrogens is 267 g/mol. The summed E-state index contributed by atoms with van der Waals surface area (Å²) in [6, 6.07) is 11.3. The molecule has 0 unspecified atom stereocenters. The molecule has 0 saturated carbocycles. The van der Waals surface area contributed by atoms with Crippen LogP contribution in [0.4, 0.5) is 10.1 Å². The maximum absolute atomic E-state index is 12.8. The van der Waals surface area contributed by atoms with Crippen molar-refractivity contribution in [1.29, 1.82) is 0 Å². The van der Waals surface area contributed by atoms with Gasteiger partial charge in [0.15, 0.2) is 0 Å². The van der Waals surface area contributed by atoms with Gasteiger partial charge in [-0.05, 0) is 42.3 Å². The molecule has 0 saturated heterocycles. The molecule has 3 nitrogen and oxygen atoms in total. The van der Waals surface area contributed by atoms with Gasteiger partial charge in [0.2, 0.25) is 5.91 Å². The second-order valence-corrected chi connectivity index (χ2v) is 4.45. The Labute approximate surface area is 123 Å². The molecule has 0 aliphatic heterocycles. The minimum atomic E-state index is -0.319. The largest absolute Gasteiger partial charge is 0.315 e. The molecule has 106 valence electrons. The van der Waals surface area contributed by atoms with Gasteiger partial charge < -0.3 is 4.90 Å². The molecule has 1 heterocycles. The zero-order valence-corrected chi connectivity index (χ0v) is 11.7. The van der Waals surface area contributed by atoms with Crippen molar-refractivity contribution in [3.63, 3.8) is 0 Å². The van der Waals surface area contributed by atoms with Crippen LogP contribution >= 0.6 is 0 Å². The Kier molecular flexibility index (Phi) is 5.05. The van der Waals surface area contributed by atoms with Crippen molar-refractivity contribution in [2.45, 2.75) is 12.8 Å². The molecule has 0 atom stereocenters. The van der Waals surface area contributed by atoms with E-state index in [0.29, 0.717) is 24.2 Å². The second-order valence-electron chi connectivity index (χ2n) is 4.45. The first-order chi connectivity index (χ1) is 10.2. The first kappa shape index (κ1) is 14.7. The number of amides is 1. The molecule has 2 aromatic rings. The van der Waals surface area contributed by atoms with Gasteiger partial charge in [0.1, 0.15) is 11.5 Å². The Hall–Kier alpha value is -2.67. The number of hydrogen-bond acceptors (Lipinski definition) is 2. The Balaban J connectivity index is 1.87. The summed E-state index contributed by atoms with van der Waals surface area (Å²) in [5.74, 6) is 5.46. The van der Waals surface area contributed by atoms with E-state index in [1.807, 2.05) is 18.2 Å². The Morgan fingerprint density at radius 3 is 2.67 bits per heavy atom. The summed E-state index contributed by atoms with van der Waals surface area (Å²) in [6.07, 6.45) is 2.45. The van der Waals surface area contributed by atoms with E-state index in [2.05, 4.69) is 16.8 Å². The average Bonchev–Trinajstić information content (AvgIpc) is 2.52. The van der Waals surface area contributed by atoms with Crippen molar-refractivity contribution in [1.82, 2.24) is 4.98 Å². The van der Waals surface area contributed by atoms with Gasteiger partial charge in [-0.15, -0.1) is 0 Å². The normalized spacial score (nSPS) is 9.62. The third-order valence-corrected chi connectivity index (χ3v) is 2.93. The standard InChI is InChI=1S/C17H15FN2O/c1-20(16-11-9-14(18)10-12-16)17(21)8-3-2-6-15-7-4-5-13-19-15/h4-5,7,9-13H,3,8H2,1H3. The predicted octanol–water partition coefficient (Wildman–Crippen LogP) is 3.02. The van der Waals surface area contributed by atoms with Crippen LogP contribution in [0.25, 0.3) is 0 Å². The van der Waals surface area contributed by atoms with Crippen molar-refractivity contribution >= 4 is 11.6 Å². The number of rotatable bonds is 3. The van der Waals surface area contributed by atoms with Crippen molar-refractivity contribution in [3.05, 3.63) is 60.2 Å². The third kappa shape index (κ3) is 4.43. The van der Waals surface area contributed by atoms with Gasteiger partial charge in [0.25, 0.3) is 0 Å². The van der Waals surface area contributed by atoms with E-state index in [-0.39, 0.29) is 11.7 Å². The van der Waals surface area contributed by atoms with Crippen LogP contribution in [0.5, 0.6) is 0 Å². The van der Waals surface area contributed by atoms with Gasteiger partial charge in [-0.2, -0.15) is 0 Å². The number of anilines is 1. The molecule has 1 aromatic carbocycles. The number of carbonyl (C=O) groups excluding carboxylic acids is 1. The summed E-state index contributed by atoms with van der Waals surface area (Å²) in [6.45, 7) is 0. The smallest absolute Gasteiger partial charge is 0.227 e. The van der Waals surface area contributed by atoms with Crippen molar-refractivity contribution in [2.24, 2.45) is 0 Å². The summed E-state index contributed by atoms with van der Waals surface area (Å²) >= 11 is 0. The van der Waals surface area contributed by atoms with E-state index >= 15 is 0 Å². The molecule has 0 bridgehead atoms. The lowest BCUT2D eigenvalue weighted by Crippen LogP contribution is -2.25. The lowest BCUT2D eigenvalue weighted by Gasteiger charge is -2.16. The summed E-state index contributed by atoms with van der Waals surface area (Å²) in [7, 11) is 1.67. The molecule has 4 heteroatoms. The molecule has 2 rings (SSSR count). The molecule has 0 N–H and O–H groups in total. The molecule has 0 aliphatic carbocycles. The zero-order valence-electron chi connectivity index (χ0n) is 11.7. The van der Waals surface area contributed by atoms with Crippen LogP contribution in [0.15, 0.2) is 48.7 Å². The van der Waals surface area contributed by atoms with Gasteiger partial charge in [0.05, 0.1) is 0 Å². The van der Waals surface area contributed by atoms with Crippen molar-refractivity contribution < 1.29 is 9.18 Å². The van der Waals surface area contributed by atoms with Gasteiger partial charge in [-0.3, -0.25) is 4.79 Å². The van der Waals surface area contributed by atoms with Crippen LogP contribution in [-0.4, -0.2) is 17.9 Å². The highest BCUT2D eigenvalue weighted by molar-refractivity contribution is 5.92. The minimum absolute atomic E-state index is 0.0584. The van der Waals surface area contributed by atoms with Crippen molar-refractivity contribution in [2.75, 3.05) is 11.9 Å². The lowest BCUT2D eigenvalue weighted by atomic mass is 10.2. The van der Waals surface area contributed by atoms with E-state index in [9.17, 15) is 9.18 Å². The van der Waals surface area contributed by atoms with E-state index in [1.165, 1.54) is 17.0 Å². The average molecular weight is 282 g/mol. The summed E-state index contributed by atoms with van der Waals surface area (Å²) < 4.78 is 12.8. The Morgan fingerprint density at radius 1 is 1.24 bits per heavy atom. The molecule has 0 spiro atoms. The lowest BCUT2D eigenvalue weighted by molar-refractivity contribution is -0.118. The van der Waals surface area contributed by atoms with Gasteiger partial charge >= 0.3 is 0 Å². The zero-order chi connectivity index (χ0) is 15.1. The van der Waals surface area contributed by atoms with E-state index in [4.69, 9.17) is 0 Å². The number of carbonyl (C=O) groups is 1. The second kappa shape index (κ2) is 7.20. The highest BCUT2D eigenvalue weighted by Crippen LogP contribution is 2.14. The van der Waals surface area contributed by atoms with Crippen LogP contribution in [0.3, 0.4) is 0 Å². The Bertz CT molecular complexity index is 657. The van der Waals surface area contributed by atoms with Crippen LogP contribution in [0, 0.1) is 17.7 Å². The van der Waals surface area contributed by atoms with E-state index in [0.717, 1.165) is 0 Å². The highest BCUT2D eigenvalue weighted by atomic mass is 19.1. The predicted molar refractivity (Wildman–Crippen MR) is 80.2 cm³/mol. The first-order valence-electron chi connectivity index (χ1n) is 6.59. The van der Waals surface area contributed by atoms with Crippen LogP contribution in [0.2, 0.25) is 0 Å². The van der Waals surface area contributed by atoms with Crippen LogP contribution < -0.4 is 4.90 Å². The van der Waals surface area contributed by atoms with Crippen molar-refractivity contribution in [3.8, 4) is 11.8 Å². The SMILES string of the molecule is CN(C(=O)CCC#Cc1ccccn1)c1ccc(F)cc1. The summed E-state index contributed by atoms with van der Waals surface area (Å²) in [4.78, 5) is 17.6. The molecule has 1 amide bonds. The topological polar surface area (TPSA) is 33.2 Å². The number of aromatic nitrogens is 1. The first-order valence-corrected chi connectivity index (χ1v) is 6.59. The number of benzene rings is 1. The maximum atomic E-state index is 12.8. The molecule has 0 radical (unpaired) electrons.